The topological polar surface area (TPSA) is 63.7 Å². The monoisotopic (exact) mass is 407 g/mol. The van der Waals surface area contributed by atoms with Crippen molar-refractivity contribution in [2.75, 3.05) is 18.1 Å². The standard InChI is InChI=1S/C20H22ClNO4S/c1-15-11-18(7-8-19(15)21)26-13-20(23)22(12-16-5-3-2-4-6-16)17-9-10-27(24,25)14-17/h2-8,11,17H,9-10,12-14H2,1H3/t17-/m0/s1. The number of carbonyl (C=O) groups excluding carboxylic acids is 1. The van der Waals surface area contributed by atoms with Crippen LogP contribution in [-0.2, 0) is 21.2 Å². The third-order valence-electron chi connectivity index (χ3n) is 4.66. The molecule has 0 saturated carbocycles. The first-order valence-electron chi connectivity index (χ1n) is 8.77. The Labute approximate surface area is 164 Å². The molecule has 0 aliphatic carbocycles. The number of amides is 1. The average molecular weight is 408 g/mol. The largest absolute Gasteiger partial charge is 0.484 e. The van der Waals surface area contributed by atoms with Crippen molar-refractivity contribution in [3.63, 3.8) is 0 Å². The van der Waals surface area contributed by atoms with Gasteiger partial charge < -0.3 is 9.64 Å². The summed E-state index contributed by atoms with van der Waals surface area (Å²) in [7, 11) is -3.09. The first-order valence-corrected chi connectivity index (χ1v) is 11.0. The number of nitrogens with zero attached hydrogens (tertiary/aromatic N) is 1. The highest BCUT2D eigenvalue weighted by Gasteiger charge is 2.34. The van der Waals surface area contributed by atoms with Gasteiger partial charge >= 0.3 is 0 Å². The number of aryl methyl sites for hydroxylation is 1. The Balaban J connectivity index is 1.72. The van der Waals surface area contributed by atoms with E-state index in [0.717, 1.165) is 11.1 Å². The van der Waals surface area contributed by atoms with E-state index in [1.165, 1.54) is 0 Å². The van der Waals surface area contributed by atoms with Gasteiger partial charge in [-0.1, -0.05) is 41.9 Å². The van der Waals surface area contributed by atoms with E-state index in [2.05, 4.69) is 0 Å². The second kappa shape index (κ2) is 8.31. The molecular formula is C20H22ClNO4S. The molecule has 0 bridgehead atoms. The van der Waals surface area contributed by atoms with Crippen molar-refractivity contribution < 1.29 is 17.9 Å². The van der Waals surface area contributed by atoms with E-state index in [9.17, 15) is 13.2 Å². The lowest BCUT2D eigenvalue weighted by atomic mass is 10.1. The molecule has 2 aromatic rings. The maximum absolute atomic E-state index is 12.9. The number of carbonyl (C=O) groups is 1. The maximum atomic E-state index is 12.9. The van der Waals surface area contributed by atoms with E-state index in [4.69, 9.17) is 16.3 Å². The highest BCUT2D eigenvalue weighted by Crippen LogP contribution is 2.23. The van der Waals surface area contributed by atoms with Crippen LogP contribution in [0.5, 0.6) is 5.75 Å². The van der Waals surface area contributed by atoms with Crippen LogP contribution in [0.25, 0.3) is 0 Å². The molecule has 0 N–H and O–H groups in total. The Morgan fingerprint density at radius 2 is 1.96 bits per heavy atom. The zero-order valence-electron chi connectivity index (χ0n) is 15.1. The summed E-state index contributed by atoms with van der Waals surface area (Å²) in [6.45, 7) is 2.08. The van der Waals surface area contributed by atoms with Gasteiger partial charge in [-0.05, 0) is 42.7 Å². The summed E-state index contributed by atoms with van der Waals surface area (Å²) in [6, 6.07) is 14.4. The Hall–Kier alpha value is -2.05. The Morgan fingerprint density at radius 1 is 1.22 bits per heavy atom. The number of hydrogen-bond donors (Lipinski definition) is 0. The van der Waals surface area contributed by atoms with Crippen LogP contribution >= 0.6 is 11.6 Å². The van der Waals surface area contributed by atoms with E-state index in [0.29, 0.717) is 23.7 Å². The van der Waals surface area contributed by atoms with Crippen LogP contribution in [0.4, 0.5) is 0 Å². The van der Waals surface area contributed by atoms with Crippen LogP contribution < -0.4 is 4.74 Å². The van der Waals surface area contributed by atoms with E-state index in [1.54, 1.807) is 23.1 Å². The van der Waals surface area contributed by atoms with Gasteiger partial charge in [-0.25, -0.2) is 8.42 Å². The van der Waals surface area contributed by atoms with Crippen LogP contribution in [0.2, 0.25) is 5.02 Å². The SMILES string of the molecule is Cc1cc(OCC(=O)N(Cc2ccccc2)[C@H]2CCS(=O)(=O)C2)ccc1Cl. The van der Waals surface area contributed by atoms with Gasteiger partial charge in [-0.15, -0.1) is 0 Å². The van der Waals surface area contributed by atoms with Gasteiger partial charge in [0, 0.05) is 17.6 Å². The second-order valence-electron chi connectivity index (χ2n) is 6.76. The van der Waals surface area contributed by atoms with Crippen molar-refractivity contribution in [1.82, 2.24) is 4.90 Å². The minimum atomic E-state index is -3.09. The smallest absolute Gasteiger partial charge is 0.261 e. The molecule has 0 unspecified atom stereocenters. The molecule has 1 fully saturated rings. The molecule has 0 radical (unpaired) electrons. The number of rotatable bonds is 6. The van der Waals surface area contributed by atoms with E-state index >= 15 is 0 Å². The van der Waals surface area contributed by atoms with Crippen molar-refractivity contribution in [2.24, 2.45) is 0 Å². The Morgan fingerprint density at radius 3 is 2.59 bits per heavy atom. The fourth-order valence-corrected chi connectivity index (χ4v) is 5.01. The molecule has 2 aromatic carbocycles. The van der Waals surface area contributed by atoms with E-state index < -0.39 is 9.84 Å². The van der Waals surface area contributed by atoms with Gasteiger partial charge in [-0.3, -0.25) is 4.79 Å². The number of ether oxygens (including phenoxy) is 1. The summed E-state index contributed by atoms with van der Waals surface area (Å²) in [6.07, 6.45) is 0.459. The predicted molar refractivity (Wildman–Crippen MR) is 106 cm³/mol. The molecule has 0 aromatic heterocycles. The number of benzene rings is 2. The quantitative estimate of drug-likeness (QED) is 0.737. The van der Waals surface area contributed by atoms with Gasteiger partial charge in [0.25, 0.3) is 5.91 Å². The van der Waals surface area contributed by atoms with Gasteiger partial charge in [0.15, 0.2) is 16.4 Å². The molecule has 0 spiro atoms. The molecule has 1 amide bonds. The molecule has 1 atom stereocenters. The summed E-state index contributed by atoms with van der Waals surface area (Å²) in [5.74, 6) is 0.455. The molecule has 3 rings (SSSR count). The summed E-state index contributed by atoms with van der Waals surface area (Å²) in [4.78, 5) is 14.5. The van der Waals surface area contributed by atoms with Gasteiger partial charge in [0.1, 0.15) is 5.75 Å². The number of hydrogen-bond acceptors (Lipinski definition) is 4. The number of sulfone groups is 1. The summed E-state index contributed by atoms with van der Waals surface area (Å²) >= 11 is 6.01. The third-order valence-corrected chi connectivity index (χ3v) is 6.83. The Bertz CT molecular complexity index is 915. The van der Waals surface area contributed by atoms with Crippen molar-refractivity contribution in [2.45, 2.75) is 25.9 Å². The minimum Gasteiger partial charge on any atom is -0.484 e. The highest BCUT2D eigenvalue weighted by atomic mass is 35.5. The lowest BCUT2D eigenvalue weighted by Gasteiger charge is -2.28. The molecule has 27 heavy (non-hydrogen) atoms. The minimum absolute atomic E-state index is 0.00558. The van der Waals surface area contributed by atoms with Crippen LogP contribution in [0.1, 0.15) is 17.5 Å². The lowest BCUT2D eigenvalue weighted by molar-refractivity contribution is -0.136. The molecule has 144 valence electrons. The van der Waals surface area contributed by atoms with Crippen molar-refractivity contribution >= 4 is 27.3 Å². The molecular weight excluding hydrogens is 386 g/mol. The predicted octanol–water partition coefficient (Wildman–Crippen LogP) is 3.24. The van der Waals surface area contributed by atoms with Gasteiger partial charge in [0.05, 0.1) is 11.5 Å². The Kier molecular flexibility index (Phi) is 6.07. The van der Waals surface area contributed by atoms with Gasteiger partial charge in [0.2, 0.25) is 0 Å². The molecule has 5 nitrogen and oxygen atoms in total. The molecule has 1 saturated heterocycles. The van der Waals surface area contributed by atoms with Crippen LogP contribution in [0.3, 0.4) is 0 Å². The van der Waals surface area contributed by atoms with Crippen LogP contribution in [0.15, 0.2) is 48.5 Å². The third kappa shape index (κ3) is 5.23. The molecule has 1 aliphatic heterocycles. The molecule has 1 heterocycles. The highest BCUT2D eigenvalue weighted by molar-refractivity contribution is 7.91. The summed E-state index contributed by atoms with van der Waals surface area (Å²) in [5.41, 5.74) is 1.82. The van der Waals surface area contributed by atoms with Crippen molar-refractivity contribution in [1.29, 1.82) is 0 Å². The second-order valence-corrected chi connectivity index (χ2v) is 9.40. The summed E-state index contributed by atoms with van der Waals surface area (Å²) in [5, 5.41) is 0.635. The normalized spacial score (nSPS) is 18.2. The lowest BCUT2D eigenvalue weighted by Crippen LogP contribution is -2.43. The molecule has 1 aliphatic rings. The van der Waals surface area contributed by atoms with Gasteiger partial charge in [-0.2, -0.15) is 0 Å². The van der Waals surface area contributed by atoms with Crippen molar-refractivity contribution in [3.8, 4) is 5.75 Å². The fourth-order valence-electron chi connectivity index (χ4n) is 3.16. The first-order chi connectivity index (χ1) is 12.8. The number of halogens is 1. The zero-order chi connectivity index (χ0) is 19.4. The maximum Gasteiger partial charge on any atom is 0.261 e. The van der Waals surface area contributed by atoms with E-state index in [1.807, 2.05) is 37.3 Å². The summed E-state index contributed by atoms with van der Waals surface area (Å²) < 4.78 is 29.4. The molecule has 7 heteroatoms. The fraction of sp³-hybridized carbons (Fsp3) is 0.350. The van der Waals surface area contributed by atoms with Crippen molar-refractivity contribution in [3.05, 3.63) is 64.7 Å². The zero-order valence-corrected chi connectivity index (χ0v) is 16.7. The average Bonchev–Trinajstić information content (AvgIpc) is 3.01. The van der Waals surface area contributed by atoms with Crippen LogP contribution in [0, 0.1) is 6.92 Å². The van der Waals surface area contributed by atoms with Crippen LogP contribution in [-0.4, -0.2) is 43.4 Å². The first kappa shape index (κ1) is 19.7. The van der Waals surface area contributed by atoms with E-state index in [-0.39, 0.29) is 30.1 Å².